The van der Waals surface area contributed by atoms with E-state index in [0.29, 0.717) is 30.9 Å². The Morgan fingerprint density at radius 3 is 2.45 bits per heavy atom. The van der Waals surface area contributed by atoms with Crippen molar-refractivity contribution in [2.45, 2.75) is 63.6 Å². The zero-order chi connectivity index (χ0) is 22.0. The number of hydrogen-bond donors (Lipinski definition) is 1. The van der Waals surface area contributed by atoms with E-state index in [4.69, 9.17) is 4.74 Å². The van der Waals surface area contributed by atoms with Crippen LogP contribution in [0.5, 0.6) is 0 Å². The van der Waals surface area contributed by atoms with Gasteiger partial charge in [-0.2, -0.15) is 0 Å². The number of aliphatic hydroxyl groups is 1. The highest BCUT2D eigenvalue weighted by atomic mass is 19.2. The second kappa shape index (κ2) is 9.58. The normalized spacial score (nSPS) is 24.5. The third kappa shape index (κ3) is 5.04. The summed E-state index contributed by atoms with van der Waals surface area (Å²) in [6.45, 7) is 2.48. The smallest absolute Gasteiger partial charge is 0.166 e. The van der Waals surface area contributed by atoms with Crippen LogP contribution in [0.15, 0.2) is 36.4 Å². The number of halogens is 3. The molecule has 2 nitrogen and oxygen atoms in total. The van der Waals surface area contributed by atoms with Crippen molar-refractivity contribution < 1.29 is 23.0 Å². The molecule has 1 N–H and O–H groups in total. The highest BCUT2D eigenvalue weighted by Crippen LogP contribution is 2.39. The van der Waals surface area contributed by atoms with Gasteiger partial charge in [0.25, 0.3) is 0 Å². The topological polar surface area (TPSA) is 32.8 Å². The van der Waals surface area contributed by atoms with Crippen molar-refractivity contribution in [1.29, 1.82) is 0 Å². The third-order valence-corrected chi connectivity index (χ3v) is 6.56. The van der Waals surface area contributed by atoms with Gasteiger partial charge in [-0.15, -0.1) is 0 Å². The standard InChI is InChI=1S/C26H29F3O2/c1-2-3-23(30)21-13-10-18(25(28)26(21)29)9-6-16-4-7-17(8-5-16)19-11-12-20(22(27)14-19)24-15-31-24/h6,9-14,16-17,23-24,30H,2-5,7-8,15H2,1H3/b9-6+. The molecule has 4 rings (SSSR count). The molecule has 1 aliphatic carbocycles. The van der Waals surface area contributed by atoms with Crippen molar-refractivity contribution in [2.24, 2.45) is 5.92 Å². The average Bonchev–Trinajstić information content (AvgIpc) is 3.60. The molecule has 2 atom stereocenters. The Morgan fingerprint density at radius 1 is 1.06 bits per heavy atom. The highest BCUT2D eigenvalue weighted by Gasteiger charge is 2.29. The Morgan fingerprint density at radius 2 is 1.81 bits per heavy atom. The van der Waals surface area contributed by atoms with Crippen LogP contribution in [0.1, 0.15) is 85.8 Å². The fourth-order valence-electron chi connectivity index (χ4n) is 4.57. The Bertz CT molecular complexity index is 944. The summed E-state index contributed by atoms with van der Waals surface area (Å²) in [6, 6.07) is 8.49. The van der Waals surface area contributed by atoms with Crippen LogP contribution in [0, 0.1) is 23.4 Å². The molecule has 2 fully saturated rings. The first-order valence-corrected chi connectivity index (χ1v) is 11.2. The van der Waals surface area contributed by atoms with Gasteiger partial charge in [0.1, 0.15) is 11.9 Å². The summed E-state index contributed by atoms with van der Waals surface area (Å²) in [4.78, 5) is 0. The lowest BCUT2D eigenvalue weighted by Gasteiger charge is -2.27. The predicted octanol–water partition coefficient (Wildman–Crippen LogP) is 7.00. The Hall–Kier alpha value is -2.11. The third-order valence-electron chi connectivity index (χ3n) is 6.56. The van der Waals surface area contributed by atoms with Crippen molar-refractivity contribution in [1.82, 2.24) is 0 Å². The minimum absolute atomic E-state index is 0.0171. The lowest BCUT2D eigenvalue weighted by Crippen LogP contribution is -2.12. The van der Waals surface area contributed by atoms with E-state index in [1.165, 1.54) is 12.1 Å². The monoisotopic (exact) mass is 430 g/mol. The first-order valence-electron chi connectivity index (χ1n) is 11.2. The maximum atomic E-state index is 14.5. The molecule has 0 radical (unpaired) electrons. The van der Waals surface area contributed by atoms with Crippen LogP contribution in [0.3, 0.4) is 0 Å². The van der Waals surface area contributed by atoms with E-state index in [2.05, 4.69) is 0 Å². The molecule has 5 heteroatoms. The Balaban J connectivity index is 1.36. The fraction of sp³-hybridized carbons (Fsp3) is 0.462. The molecular formula is C26H29F3O2. The van der Waals surface area contributed by atoms with Gasteiger partial charge in [0.2, 0.25) is 0 Å². The second-order valence-electron chi connectivity index (χ2n) is 8.75. The summed E-state index contributed by atoms with van der Waals surface area (Å²) in [5.74, 6) is -1.46. The van der Waals surface area contributed by atoms with Crippen molar-refractivity contribution >= 4 is 6.08 Å². The van der Waals surface area contributed by atoms with Crippen molar-refractivity contribution in [3.63, 3.8) is 0 Å². The van der Waals surface area contributed by atoms with Crippen LogP contribution >= 0.6 is 0 Å². The number of epoxide rings is 1. The van der Waals surface area contributed by atoms with E-state index in [1.54, 1.807) is 12.1 Å². The molecule has 0 bridgehead atoms. The fourth-order valence-corrected chi connectivity index (χ4v) is 4.57. The van der Waals surface area contributed by atoms with E-state index in [1.807, 2.05) is 25.1 Å². The van der Waals surface area contributed by atoms with Crippen LogP contribution < -0.4 is 0 Å². The van der Waals surface area contributed by atoms with Crippen LogP contribution in [0.2, 0.25) is 0 Å². The first kappa shape index (κ1) is 22.1. The number of allylic oxidation sites excluding steroid dienone is 1. The second-order valence-corrected chi connectivity index (χ2v) is 8.75. The zero-order valence-corrected chi connectivity index (χ0v) is 17.8. The quantitative estimate of drug-likeness (QED) is 0.480. The van der Waals surface area contributed by atoms with E-state index < -0.39 is 17.7 Å². The summed E-state index contributed by atoms with van der Waals surface area (Å²) in [6.07, 6.45) is 7.34. The molecule has 31 heavy (non-hydrogen) atoms. The molecule has 0 aromatic heterocycles. The van der Waals surface area contributed by atoms with Gasteiger partial charge in [0.05, 0.1) is 12.7 Å². The molecule has 1 saturated carbocycles. The van der Waals surface area contributed by atoms with Crippen LogP contribution in [-0.4, -0.2) is 11.7 Å². The highest BCUT2D eigenvalue weighted by molar-refractivity contribution is 5.51. The number of rotatable bonds is 7. The lowest BCUT2D eigenvalue weighted by atomic mass is 9.78. The summed E-state index contributed by atoms with van der Waals surface area (Å²) < 4.78 is 48.3. The first-order chi connectivity index (χ1) is 15.0. The summed E-state index contributed by atoms with van der Waals surface area (Å²) >= 11 is 0. The Kier molecular flexibility index (Phi) is 6.83. The van der Waals surface area contributed by atoms with Gasteiger partial charge in [-0.05, 0) is 55.6 Å². The van der Waals surface area contributed by atoms with Gasteiger partial charge in [0, 0.05) is 16.7 Å². The summed E-state index contributed by atoms with van der Waals surface area (Å²) in [7, 11) is 0. The van der Waals surface area contributed by atoms with Gasteiger partial charge in [0.15, 0.2) is 11.6 Å². The van der Waals surface area contributed by atoms with Gasteiger partial charge in [-0.25, -0.2) is 13.2 Å². The van der Waals surface area contributed by atoms with Crippen molar-refractivity contribution in [3.05, 3.63) is 76.1 Å². The molecule has 2 unspecified atom stereocenters. The number of hydrogen-bond acceptors (Lipinski definition) is 2. The van der Waals surface area contributed by atoms with Crippen LogP contribution in [0.4, 0.5) is 13.2 Å². The number of ether oxygens (including phenoxy) is 1. The molecule has 2 aromatic rings. The van der Waals surface area contributed by atoms with Gasteiger partial charge in [-0.3, -0.25) is 0 Å². The van der Waals surface area contributed by atoms with Crippen molar-refractivity contribution in [3.8, 4) is 0 Å². The van der Waals surface area contributed by atoms with Crippen LogP contribution in [-0.2, 0) is 4.74 Å². The lowest BCUT2D eigenvalue weighted by molar-refractivity contribution is 0.160. The predicted molar refractivity (Wildman–Crippen MR) is 115 cm³/mol. The zero-order valence-electron chi connectivity index (χ0n) is 17.8. The summed E-state index contributed by atoms with van der Waals surface area (Å²) in [5.41, 5.74) is 1.89. The molecule has 0 amide bonds. The van der Waals surface area contributed by atoms with E-state index in [0.717, 1.165) is 31.2 Å². The molecular weight excluding hydrogens is 401 g/mol. The average molecular weight is 431 g/mol. The molecule has 1 heterocycles. The minimum Gasteiger partial charge on any atom is -0.388 e. The maximum absolute atomic E-state index is 14.5. The number of benzene rings is 2. The number of aliphatic hydroxyl groups excluding tert-OH is 1. The maximum Gasteiger partial charge on any atom is 0.166 e. The molecule has 0 spiro atoms. The minimum atomic E-state index is -0.983. The van der Waals surface area contributed by atoms with E-state index in [9.17, 15) is 18.3 Å². The SMILES string of the molecule is CCCC(O)c1ccc(/C=C/C2CCC(c3ccc(C4CO4)c(F)c3)CC2)c(F)c1F. The molecule has 166 valence electrons. The largest absolute Gasteiger partial charge is 0.388 e. The van der Waals surface area contributed by atoms with Crippen LogP contribution in [0.25, 0.3) is 6.08 Å². The summed E-state index contributed by atoms with van der Waals surface area (Å²) in [5, 5.41) is 9.98. The van der Waals surface area contributed by atoms with Gasteiger partial charge in [-0.1, -0.05) is 49.8 Å². The van der Waals surface area contributed by atoms with Gasteiger partial charge < -0.3 is 9.84 Å². The molecule has 2 aromatic carbocycles. The molecule has 1 saturated heterocycles. The van der Waals surface area contributed by atoms with E-state index in [-0.39, 0.29) is 29.0 Å². The Labute approximate surface area is 181 Å². The van der Waals surface area contributed by atoms with E-state index >= 15 is 0 Å². The molecule has 2 aliphatic rings. The van der Waals surface area contributed by atoms with Gasteiger partial charge >= 0.3 is 0 Å². The van der Waals surface area contributed by atoms with Crippen molar-refractivity contribution in [2.75, 3.05) is 6.61 Å². The molecule has 1 aliphatic heterocycles.